The molecule has 0 atom stereocenters. The molecule has 0 spiro atoms. The number of nitrogens with one attached hydrogen (secondary N) is 1. The van der Waals surface area contributed by atoms with Crippen molar-refractivity contribution in [1.29, 1.82) is 0 Å². The van der Waals surface area contributed by atoms with Gasteiger partial charge in [-0.3, -0.25) is 0 Å². The number of benzene rings is 2. The lowest BCUT2D eigenvalue weighted by Crippen LogP contribution is -2.10. The van der Waals surface area contributed by atoms with E-state index in [9.17, 15) is 0 Å². The van der Waals surface area contributed by atoms with E-state index in [0.717, 1.165) is 23.6 Å². The Kier molecular flexibility index (Phi) is 4.18. The fraction of sp³-hybridized carbons (Fsp3) is 0.200. The van der Waals surface area contributed by atoms with E-state index in [4.69, 9.17) is 11.6 Å². The average Bonchev–Trinajstić information content (AvgIpc) is 2.37. The Labute approximate surface area is 107 Å². The van der Waals surface area contributed by atoms with Gasteiger partial charge < -0.3 is 5.32 Å². The minimum atomic E-state index is 0.804. The molecule has 0 aliphatic heterocycles. The van der Waals surface area contributed by atoms with E-state index in [2.05, 4.69) is 35.6 Å². The first-order valence-corrected chi connectivity index (χ1v) is 6.17. The maximum atomic E-state index is 6.20. The standard InChI is InChI=1S/C15H16ClN/c1-17-10-9-12-5-4-6-13(11-12)14-7-2-3-8-15(14)16/h2-8,11,17H,9-10H2,1H3. The minimum Gasteiger partial charge on any atom is -0.319 e. The van der Waals surface area contributed by atoms with E-state index in [0.29, 0.717) is 0 Å². The van der Waals surface area contributed by atoms with Crippen molar-refractivity contribution in [3.8, 4) is 11.1 Å². The van der Waals surface area contributed by atoms with Crippen LogP contribution in [0.1, 0.15) is 5.56 Å². The topological polar surface area (TPSA) is 12.0 Å². The zero-order valence-corrected chi connectivity index (χ0v) is 10.7. The van der Waals surface area contributed by atoms with Gasteiger partial charge in [-0.1, -0.05) is 54.1 Å². The Morgan fingerprint density at radius 1 is 1.06 bits per heavy atom. The van der Waals surface area contributed by atoms with Gasteiger partial charge in [0.1, 0.15) is 0 Å². The van der Waals surface area contributed by atoms with Crippen LogP contribution < -0.4 is 5.32 Å². The van der Waals surface area contributed by atoms with Gasteiger partial charge in [0.05, 0.1) is 0 Å². The molecular weight excluding hydrogens is 230 g/mol. The largest absolute Gasteiger partial charge is 0.319 e. The highest BCUT2D eigenvalue weighted by Crippen LogP contribution is 2.27. The number of halogens is 1. The van der Waals surface area contributed by atoms with Gasteiger partial charge in [-0.25, -0.2) is 0 Å². The molecule has 0 aliphatic carbocycles. The summed E-state index contributed by atoms with van der Waals surface area (Å²) in [6.07, 6.45) is 1.04. The molecule has 0 unspecified atom stereocenters. The van der Waals surface area contributed by atoms with Gasteiger partial charge >= 0.3 is 0 Å². The molecule has 0 bridgehead atoms. The molecule has 0 aliphatic rings. The van der Waals surface area contributed by atoms with Gasteiger partial charge in [0, 0.05) is 10.6 Å². The Balaban J connectivity index is 2.30. The average molecular weight is 246 g/mol. The van der Waals surface area contributed by atoms with Crippen molar-refractivity contribution >= 4 is 11.6 Å². The van der Waals surface area contributed by atoms with Gasteiger partial charge in [0.15, 0.2) is 0 Å². The van der Waals surface area contributed by atoms with E-state index in [1.807, 2.05) is 25.2 Å². The summed E-state index contributed by atoms with van der Waals surface area (Å²) in [6.45, 7) is 0.992. The predicted molar refractivity (Wildman–Crippen MR) is 74.5 cm³/mol. The molecule has 0 aromatic heterocycles. The molecule has 0 amide bonds. The molecule has 2 heteroatoms. The summed E-state index contributed by atoms with van der Waals surface area (Å²) in [5.41, 5.74) is 3.61. The Morgan fingerprint density at radius 2 is 1.88 bits per heavy atom. The highest BCUT2D eigenvalue weighted by molar-refractivity contribution is 6.33. The van der Waals surface area contributed by atoms with Crippen LogP contribution in [0, 0.1) is 0 Å². The second-order valence-corrected chi connectivity index (χ2v) is 4.44. The second-order valence-electron chi connectivity index (χ2n) is 4.03. The third-order valence-electron chi connectivity index (χ3n) is 2.78. The van der Waals surface area contributed by atoms with Crippen molar-refractivity contribution < 1.29 is 0 Å². The van der Waals surface area contributed by atoms with E-state index in [-0.39, 0.29) is 0 Å². The highest BCUT2D eigenvalue weighted by Gasteiger charge is 2.02. The van der Waals surface area contributed by atoms with Crippen molar-refractivity contribution in [2.24, 2.45) is 0 Å². The third-order valence-corrected chi connectivity index (χ3v) is 3.11. The molecule has 0 heterocycles. The summed E-state index contributed by atoms with van der Waals surface area (Å²) in [4.78, 5) is 0. The molecule has 17 heavy (non-hydrogen) atoms. The first-order valence-electron chi connectivity index (χ1n) is 5.79. The fourth-order valence-corrected chi connectivity index (χ4v) is 2.10. The van der Waals surface area contributed by atoms with Crippen LogP contribution in [0.15, 0.2) is 48.5 Å². The number of hydrogen-bond donors (Lipinski definition) is 1. The molecule has 0 radical (unpaired) electrons. The van der Waals surface area contributed by atoms with Crippen molar-refractivity contribution in [3.63, 3.8) is 0 Å². The van der Waals surface area contributed by atoms with Crippen LogP contribution in [0.5, 0.6) is 0 Å². The van der Waals surface area contributed by atoms with Crippen molar-refractivity contribution in [2.45, 2.75) is 6.42 Å². The SMILES string of the molecule is CNCCc1cccc(-c2ccccc2Cl)c1. The van der Waals surface area contributed by atoms with Gasteiger partial charge in [-0.05, 0) is 37.2 Å². The molecule has 88 valence electrons. The van der Waals surface area contributed by atoms with E-state index in [1.165, 1.54) is 11.1 Å². The van der Waals surface area contributed by atoms with Crippen LogP contribution in [0.4, 0.5) is 0 Å². The van der Waals surface area contributed by atoms with E-state index in [1.54, 1.807) is 0 Å². The second kappa shape index (κ2) is 5.85. The zero-order valence-electron chi connectivity index (χ0n) is 9.91. The highest BCUT2D eigenvalue weighted by atomic mass is 35.5. The molecule has 1 nitrogen and oxygen atoms in total. The summed E-state index contributed by atoms with van der Waals surface area (Å²) in [5, 5.41) is 3.96. The summed E-state index contributed by atoms with van der Waals surface area (Å²) < 4.78 is 0. The van der Waals surface area contributed by atoms with Crippen molar-refractivity contribution in [1.82, 2.24) is 5.32 Å². The third kappa shape index (κ3) is 3.09. The monoisotopic (exact) mass is 245 g/mol. The van der Waals surface area contributed by atoms with Crippen LogP contribution >= 0.6 is 11.6 Å². The van der Waals surface area contributed by atoms with Gasteiger partial charge in [-0.2, -0.15) is 0 Å². The van der Waals surface area contributed by atoms with E-state index >= 15 is 0 Å². The minimum absolute atomic E-state index is 0.804. The number of rotatable bonds is 4. The Bertz CT molecular complexity index is 494. The van der Waals surface area contributed by atoms with Gasteiger partial charge in [0.2, 0.25) is 0 Å². The van der Waals surface area contributed by atoms with Crippen LogP contribution in [0.3, 0.4) is 0 Å². The van der Waals surface area contributed by atoms with Crippen molar-refractivity contribution in [3.05, 3.63) is 59.1 Å². The normalized spacial score (nSPS) is 10.5. The molecule has 1 N–H and O–H groups in total. The van der Waals surface area contributed by atoms with Crippen LogP contribution in [-0.2, 0) is 6.42 Å². The lowest BCUT2D eigenvalue weighted by Gasteiger charge is -2.07. The van der Waals surface area contributed by atoms with Gasteiger partial charge in [-0.15, -0.1) is 0 Å². The lowest BCUT2D eigenvalue weighted by atomic mass is 10.0. The predicted octanol–water partition coefficient (Wildman–Crippen LogP) is 3.77. The molecule has 0 fully saturated rings. The first kappa shape index (κ1) is 12.2. The molecular formula is C15H16ClN. The molecule has 2 rings (SSSR count). The van der Waals surface area contributed by atoms with Crippen LogP contribution in [-0.4, -0.2) is 13.6 Å². The molecule has 0 saturated heterocycles. The molecule has 2 aromatic rings. The Hall–Kier alpha value is -1.31. The fourth-order valence-electron chi connectivity index (χ4n) is 1.86. The quantitative estimate of drug-likeness (QED) is 0.865. The maximum Gasteiger partial charge on any atom is 0.0484 e. The summed E-state index contributed by atoms with van der Waals surface area (Å²) in [5.74, 6) is 0. The van der Waals surface area contributed by atoms with Crippen LogP contribution in [0.2, 0.25) is 5.02 Å². The summed E-state index contributed by atoms with van der Waals surface area (Å²) in [6, 6.07) is 16.5. The zero-order chi connectivity index (χ0) is 12.1. The lowest BCUT2D eigenvalue weighted by molar-refractivity contribution is 0.792. The molecule has 0 saturated carbocycles. The van der Waals surface area contributed by atoms with E-state index < -0.39 is 0 Å². The summed E-state index contributed by atoms with van der Waals surface area (Å²) in [7, 11) is 1.97. The first-order chi connectivity index (χ1) is 8.31. The Morgan fingerprint density at radius 3 is 2.65 bits per heavy atom. The molecule has 2 aromatic carbocycles. The van der Waals surface area contributed by atoms with Crippen molar-refractivity contribution in [2.75, 3.05) is 13.6 Å². The number of hydrogen-bond acceptors (Lipinski definition) is 1. The smallest absolute Gasteiger partial charge is 0.0484 e. The number of likely N-dealkylation sites (N-methyl/N-ethyl adjacent to an activating group) is 1. The van der Waals surface area contributed by atoms with Gasteiger partial charge in [0.25, 0.3) is 0 Å². The van der Waals surface area contributed by atoms with Crippen LogP contribution in [0.25, 0.3) is 11.1 Å². The maximum absolute atomic E-state index is 6.20. The summed E-state index contributed by atoms with van der Waals surface area (Å²) >= 11 is 6.20.